The van der Waals surface area contributed by atoms with Gasteiger partial charge in [-0.15, -0.1) is 0 Å². The highest BCUT2D eigenvalue weighted by Crippen LogP contribution is 2.39. The Morgan fingerprint density at radius 2 is 1.50 bits per heavy atom. The van der Waals surface area contributed by atoms with E-state index in [1.54, 1.807) is 0 Å². The van der Waals surface area contributed by atoms with Gasteiger partial charge in [0.15, 0.2) is 6.29 Å². The van der Waals surface area contributed by atoms with Gasteiger partial charge in [-0.1, -0.05) is 110 Å². The van der Waals surface area contributed by atoms with E-state index >= 15 is 0 Å². The second-order valence-electron chi connectivity index (χ2n) is 13.3. The van der Waals surface area contributed by atoms with E-state index in [9.17, 15) is 14.7 Å². The van der Waals surface area contributed by atoms with Gasteiger partial charge in [0, 0.05) is 44.0 Å². The molecule has 0 saturated carbocycles. The van der Waals surface area contributed by atoms with E-state index in [1.165, 1.54) is 5.56 Å². The Bertz CT molecular complexity index is 1640. The zero-order chi connectivity index (χ0) is 35.3. The van der Waals surface area contributed by atoms with Crippen molar-refractivity contribution < 1.29 is 29.3 Å². The van der Waals surface area contributed by atoms with Crippen molar-refractivity contribution >= 4 is 11.9 Å². The number of carboxylic acid groups (broad SMARTS) is 1. The number of benzene rings is 4. The number of nitrogens with one attached hydrogen (secondary N) is 1. The zero-order valence-electron chi connectivity index (χ0n) is 29.2. The van der Waals surface area contributed by atoms with Crippen LogP contribution in [-0.4, -0.2) is 46.7 Å². The molecule has 4 aromatic rings. The molecule has 1 aliphatic rings. The number of carbonyl (C=O) groups excluding carboxylic acids is 1. The first-order valence-corrected chi connectivity index (χ1v) is 17.7. The standard InChI is InChI=1S/C42H50N2O6/c1-30(33-12-6-5-7-13-33)44(2)28-38-26-39(35-19-17-31(29-45)18-20-35)50-42(49-38)36-23-21-34(22-24-36)37-14-10-11-32(25-37)27-43-40(46)15-8-3-4-9-16-41(47)48/h5-7,10-14,17-25,30,38-39,42,45H,3-4,8-9,15-16,26-29H2,1-2H3,(H,43,46)(H,47,48)/t30-,38+,39-,42-/m0/s1. The van der Waals surface area contributed by atoms with E-state index in [0.29, 0.717) is 19.4 Å². The molecule has 1 fully saturated rings. The lowest BCUT2D eigenvalue weighted by molar-refractivity contribution is -0.253. The molecular formula is C42H50N2O6. The molecule has 0 bridgehead atoms. The maximum atomic E-state index is 12.4. The molecule has 264 valence electrons. The van der Waals surface area contributed by atoms with Crippen molar-refractivity contribution in [2.45, 2.75) is 89.6 Å². The summed E-state index contributed by atoms with van der Waals surface area (Å²) in [6.07, 6.45) is 3.68. The highest BCUT2D eigenvalue weighted by molar-refractivity contribution is 5.76. The highest BCUT2D eigenvalue weighted by Gasteiger charge is 2.33. The van der Waals surface area contributed by atoms with Gasteiger partial charge in [0.2, 0.25) is 5.91 Å². The number of aliphatic hydroxyl groups excluding tert-OH is 1. The minimum atomic E-state index is -0.772. The number of aliphatic carboxylic acids is 1. The number of hydrogen-bond donors (Lipinski definition) is 3. The SMILES string of the molecule is C[C@@H](c1ccccc1)N(C)C[C@H]1C[C@@H](c2ccc(CO)cc2)O[C@@H](c2ccc(-c3cccc(CNC(=O)CCCCCCC(=O)O)c3)cc2)O1. The summed E-state index contributed by atoms with van der Waals surface area (Å²) >= 11 is 0. The molecule has 50 heavy (non-hydrogen) atoms. The lowest BCUT2D eigenvalue weighted by Gasteiger charge is -2.39. The number of unbranched alkanes of at least 4 members (excludes halogenated alkanes) is 3. The van der Waals surface area contributed by atoms with Crippen LogP contribution < -0.4 is 5.32 Å². The quantitative estimate of drug-likeness (QED) is 0.0968. The number of nitrogens with zero attached hydrogens (tertiary/aromatic N) is 1. The van der Waals surface area contributed by atoms with Crippen molar-refractivity contribution in [2.75, 3.05) is 13.6 Å². The lowest BCUT2D eigenvalue weighted by atomic mass is 9.98. The van der Waals surface area contributed by atoms with Gasteiger partial charge in [0.1, 0.15) is 0 Å². The Balaban J connectivity index is 1.22. The van der Waals surface area contributed by atoms with Gasteiger partial charge in [0.25, 0.3) is 0 Å². The molecule has 8 nitrogen and oxygen atoms in total. The minimum absolute atomic E-state index is 0.00501. The van der Waals surface area contributed by atoms with Crippen LogP contribution in [0.15, 0.2) is 103 Å². The van der Waals surface area contributed by atoms with E-state index < -0.39 is 12.3 Å². The van der Waals surface area contributed by atoms with Crippen LogP contribution in [0.25, 0.3) is 11.1 Å². The number of hydrogen-bond acceptors (Lipinski definition) is 6. The van der Waals surface area contributed by atoms with E-state index in [2.05, 4.69) is 84.9 Å². The maximum absolute atomic E-state index is 12.4. The predicted octanol–water partition coefficient (Wildman–Crippen LogP) is 8.13. The first kappa shape index (κ1) is 36.9. The van der Waals surface area contributed by atoms with Crippen molar-refractivity contribution in [3.05, 3.63) is 131 Å². The van der Waals surface area contributed by atoms with Crippen molar-refractivity contribution in [1.82, 2.24) is 10.2 Å². The van der Waals surface area contributed by atoms with Gasteiger partial charge in [-0.2, -0.15) is 0 Å². The molecule has 5 rings (SSSR count). The van der Waals surface area contributed by atoms with Crippen LogP contribution in [0.2, 0.25) is 0 Å². The molecule has 1 aliphatic heterocycles. The van der Waals surface area contributed by atoms with Crippen LogP contribution in [0, 0.1) is 0 Å². The Kier molecular flexibility index (Phi) is 13.7. The van der Waals surface area contributed by atoms with Gasteiger partial charge >= 0.3 is 5.97 Å². The molecule has 0 unspecified atom stereocenters. The highest BCUT2D eigenvalue weighted by atomic mass is 16.7. The first-order chi connectivity index (χ1) is 24.3. The molecule has 0 spiro atoms. The summed E-state index contributed by atoms with van der Waals surface area (Å²) in [6, 6.07) is 35.2. The molecule has 0 aliphatic carbocycles. The fourth-order valence-corrected chi connectivity index (χ4v) is 6.40. The fraction of sp³-hybridized carbons (Fsp3) is 0.381. The molecule has 8 heteroatoms. The second kappa shape index (κ2) is 18.6. The Hall–Kier alpha value is -4.34. The summed E-state index contributed by atoms with van der Waals surface area (Å²) in [7, 11) is 2.14. The summed E-state index contributed by atoms with van der Waals surface area (Å²) in [4.78, 5) is 25.4. The van der Waals surface area contributed by atoms with Gasteiger partial charge in [-0.25, -0.2) is 0 Å². The lowest BCUT2D eigenvalue weighted by Crippen LogP contribution is -2.38. The van der Waals surface area contributed by atoms with Gasteiger partial charge in [-0.05, 0) is 66.3 Å². The Labute approximate surface area is 296 Å². The fourth-order valence-electron chi connectivity index (χ4n) is 6.40. The molecule has 0 aromatic heterocycles. The average molecular weight is 679 g/mol. The second-order valence-corrected chi connectivity index (χ2v) is 13.3. The van der Waals surface area contributed by atoms with Gasteiger partial charge in [-0.3, -0.25) is 14.5 Å². The number of carboxylic acids is 1. The number of rotatable bonds is 17. The number of aliphatic hydroxyl groups is 1. The minimum Gasteiger partial charge on any atom is -0.481 e. The number of ether oxygens (including phenoxy) is 2. The van der Waals surface area contributed by atoms with E-state index in [0.717, 1.165) is 65.6 Å². The van der Waals surface area contributed by atoms with E-state index in [4.69, 9.17) is 14.6 Å². The number of carbonyl (C=O) groups is 2. The van der Waals surface area contributed by atoms with Crippen LogP contribution >= 0.6 is 0 Å². The summed E-state index contributed by atoms with van der Waals surface area (Å²) in [5, 5.41) is 21.3. The summed E-state index contributed by atoms with van der Waals surface area (Å²) in [6.45, 7) is 3.42. The van der Waals surface area contributed by atoms with Crippen LogP contribution in [0.1, 0.15) is 98.1 Å². The largest absolute Gasteiger partial charge is 0.481 e. The van der Waals surface area contributed by atoms with Crippen LogP contribution in [-0.2, 0) is 32.2 Å². The van der Waals surface area contributed by atoms with E-state index in [-0.39, 0.29) is 37.2 Å². The number of amides is 1. The van der Waals surface area contributed by atoms with Crippen LogP contribution in [0.4, 0.5) is 0 Å². The predicted molar refractivity (Wildman–Crippen MR) is 195 cm³/mol. The topological polar surface area (TPSA) is 108 Å². The van der Waals surface area contributed by atoms with Crippen molar-refractivity contribution in [3.8, 4) is 11.1 Å². The first-order valence-electron chi connectivity index (χ1n) is 17.7. The third-order valence-corrected chi connectivity index (χ3v) is 9.53. The number of likely N-dealkylation sites (N-methyl/N-ethyl adjacent to an activating group) is 1. The molecule has 3 N–H and O–H groups in total. The van der Waals surface area contributed by atoms with Crippen molar-refractivity contribution in [3.63, 3.8) is 0 Å². The smallest absolute Gasteiger partial charge is 0.303 e. The molecular weight excluding hydrogens is 628 g/mol. The molecule has 1 amide bonds. The molecule has 1 saturated heterocycles. The molecule has 4 aromatic carbocycles. The van der Waals surface area contributed by atoms with Gasteiger partial charge < -0.3 is 25.0 Å². The molecule has 1 heterocycles. The van der Waals surface area contributed by atoms with E-state index in [1.807, 2.05) is 42.5 Å². The zero-order valence-corrected chi connectivity index (χ0v) is 29.2. The maximum Gasteiger partial charge on any atom is 0.303 e. The van der Waals surface area contributed by atoms with Crippen LogP contribution in [0.3, 0.4) is 0 Å². The monoisotopic (exact) mass is 678 g/mol. The normalized spacial score (nSPS) is 18.1. The van der Waals surface area contributed by atoms with Crippen LogP contribution in [0.5, 0.6) is 0 Å². The van der Waals surface area contributed by atoms with Crippen molar-refractivity contribution in [2.24, 2.45) is 0 Å². The Morgan fingerprint density at radius 3 is 2.20 bits per heavy atom. The summed E-state index contributed by atoms with van der Waals surface area (Å²) in [5.74, 6) is -0.766. The summed E-state index contributed by atoms with van der Waals surface area (Å²) in [5.41, 5.74) is 7.28. The third-order valence-electron chi connectivity index (χ3n) is 9.53. The third kappa shape index (κ3) is 10.8. The molecule has 4 atom stereocenters. The van der Waals surface area contributed by atoms with Crippen molar-refractivity contribution in [1.29, 1.82) is 0 Å². The van der Waals surface area contributed by atoms with Gasteiger partial charge in [0.05, 0.1) is 18.8 Å². The summed E-state index contributed by atoms with van der Waals surface area (Å²) < 4.78 is 13.2. The Morgan fingerprint density at radius 1 is 0.800 bits per heavy atom. The average Bonchev–Trinajstić information content (AvgIpc) is 3.15. The molecule has 0 radical (unpaired) electrons.